The third-order valence-electron chi connectivity index (χ3n) is 5.92. The van der Waals surface area contributed by atoms with E-state index >= 15 is 0 Å². The summed E-state index contributed by atoms with van der Waals surface area (Å²) in [4.78, 5) is 24.8. The van der Waals surface area contributed by atoms with E-state index in [0.717, 1.165) is 19.3 Å². The van der Waals surface area contributed by atoms with Crippen LogP contribution in [0.4, 0.5) is 5.69 Å². The lowest BCUT2D eigenvalue weighted by molar-refractivity contribution is -0.116. The fraction of sp³-hybridized carbons (Fsp3) is 0.440. The Morgan fingerprint density at radius 3 is 2.23 bits per heavy atom. The lowest BCUT2D eigenvalue weighted by Gasteiger charge is -2.33. The van der Waals surface area contributed by atoms with E-state index in [1.54, 1.807) is 31.2 Å². The predicted molar refractivity (Wildman–Crippen MR) is 131 cm³/mol. The maximum atomic E-state index is 13.7. The lowest BCUT2D eigenvalue weighted by atomic mass is 9.95. The number of hydrogen-bond acceptors (Lipinski definition) is 7. The zero-order chi connectivity index (χ0) is 25.4. The Labute approximate surface area is 206 Å². The maximum absolute atomic E-state index is 13.7. The first-order chi connectivity index (χ1) is 16.8. The molecule has 0 saturated heterocycles. The molecule has 35 heavy (non-hydrogen) atoms. The van der Waals surface area contributed by atoms with Crippen molar-refractivity contribution in [2.75, 3.05) is 32.7 Å². The van der Waals surface area contributed by atoms with Gasteiger partial charge in [0, 0.05) is 17.8 Å². The molecule has 1 aliphatic carbocycles. The Balaban J connectivity index is 1.82. The summed E-state index contributed by atoms with van der Waals surface area (Å²) in [5.41, 5.74) is 0.819. The number of amides is 1. The highest BCUT2D eigenvalue weighted by Crippen LogP contribution is 2.33. The van der Waals surface area contributed by atoms with Gasteiger partial charge in [0.15, 0.2) is 11.5 Å². The minimum absolute atomic E-state index is 0.0345. The van der Waals surface area contributed by atoms with Crippen molar-refractivity contribution < 1.29 is 32.2 Å². The molecular weight excluding hydrogens is 472 g/mol. The molecule has 2 aromatic carbocycles. The van der Waals surface area contributed by atoms with Crippen molar-refractivity contribution in [2.45, 2.75) is 50.0 Å². The molecule has 0 atom stereocenters. The summed E-state index contributed by atoms with van der Waals surface area (Å²) in [5, 5.41) is 2.73. The Kier molecular flexibility index (Phi) is 9.11. The molecule has 190 valence electrons. The zero-order valence-electron chi connectivity index (χ0n) is 20.3. The van der Waals surface area contributed by atoms with Crippen molar-refractivity contribution in [3.8, 4) is 11.5 Å². The number of benzene rings is 2. The first-order valence-electron chi connectivity index (χ1n) is 11.6. The highest BCUT2D eigenvalue weighted by atomic mass is 32.2. The molecule has 0 aliphatic heterocycles. The second kappa shape index (κ2) is 12.0. The molecule has 0 heterocycles. The van der Waals surface area contributed by atoms with E-state index in [2.05, 4.69) is 5.32 Å². The standard InChI is InChI=1S/C25H32N2O7S/c1-4-34-25(29)18-10-12-19(13-11-18)26-24(28)17-27(20-8-6-5-7-9-20)35(30,31)21-14-15-22(32-2)23(16-21)33-3/h10-16,20H,4-9,17H2,1-3H3,(H,26,28). The molecule has 2 aromatic rings. The highest BCUT2D eigenvalue weighted by Gasteiger charge is 2.34. The van der Waals surface area contributed by atoms with E-state index in [9.17, 15) is 18.0 Å². The largest absolute Gasteiger partial charge is 0.493 e. The normalized spacial score (nSPS) is 14.4. The number of carbonyl (C=O) groups excluding carboxylic acids is 2. The van der Waals surface area contributed by atoms with Crippen molar-refractivity contribution in [2.24, 2.45) is 0 Å². The van der Waals surface area contributed by atoms with Crippen LogP contribution in [-0.2, 0) is 19.6 Å². The third kappa shape index (κ3) is 6.52. The molecule has 1 aliphatic rings. The number of carbonyl (C=O) groups is 2. The van der Waals surface area contributed by atoms with Crippen LogP contribution in [0, 0.1) is 0 Å². The van der Waals surface area contributed by atoms with E-state index in [4.69, 9.17) is 14.2 Å². The Morgan fingerprint density at radius 2 is 1.63 bits per heavy atom. The first kappa shape index (κ1) is 26.5. The van der Waals surface area contributed by atoms with Gasteiger partial charge in [-0.05, 0) is 56.2 Å². The molecule has 0 spiro atoms. The van der Waals surface area contributed by atoms with Crippen LogP contribution in [0.25, 0.3) is 0 Å². The molecule has 10 heteroatoms. The Hall–Kier alpha value is -3.11. The molecule has 1 fully saturated rings. The predicted octanol–water partition coefficient (Wildman–Crippen LogP) is 3.84. The molecule has 0 aromatic heterocycles. The quantitative estimate of drug-likeness (QED) is 0.489. The van der Waals surface area contributed by atoms with Crippen LogP contribution >= 0.6 is 0 Å². The van der Waals surface area contributed by atoms with Gasteiger partial charge in [0.25, 0.3) is 0 Å². The summed E-state index contributed by atoms with van der Waals surface area (Å²) < 4.78 is 44.1. The second-order valence-electron chi connectivity index (χ2n) is 8.20. The molecular formula is C25H32N2O7S. The fourth-order valence-electron chi connectivity index (χ4n) is 4.14. The van der Waals surface area contributed by atoms with Crippen LogP contribution in [0.1, 0.15) is 49.4 Å². The number of ether oxygens (including phenoxy) is 3. The van der Waals surface area contributed by atoms with Crippen LogP contribution < -0.4 is 14.8 Å². The van der Waals surface area contributed by atoms with E-state index in [1.165, 1.54) is 36.7 Å². The van der Waals surface area contributed by atoms with E-state index in [1.807, 2.05) is 0 Å². The highest BCUT2D eigenvalue weighted by molar-refractivity contribution is 7.89. The molecule has 0 unspecified atom stereocenters. The number of esters is 1. The summed E-state index contributed by atoms with van der Waals surface area (Å²) in [6.45, 7) is 1.66. The van der Waals surface area contributed by atoms with Gasteiger partial charge in [0.05, 0.1) is 37.8 Å². The molecule has 1 saturated carbocycles. The van der Waals surface area contributed by atoms with Gasteiger partial charge < -0.3 is 19.5 Å². The molecule has 1 N–H and O–H groups in total. The summed E-state index contributed by atoms with van der Waals surface area (Å²) in [6, 6.07) is 10.4. The first-order valence-corrected chi connectivity index (χ1v) is 13.0. The average Bonchev–Trinajstić information content (AvgIpc) is 2.87. The topological polar surface area (TPSA) is 111 Å². The molecule has 9 nitrogen and oxygen atoms in total. The third-order valence-corrected chi connectivity index (χ3v) is 7.82. The van der Waals surface area contributed by atoms with Crippen LogP contribution in [0.3, 0.4) is 0 Å². The lowest BCUT2D eigenvalue weighted by Crippen LogP contribution is -2.45. The van der Waals surface area contributed by atoms with Crippen molar-refractivity contribution in [3.05, 3.63) is 48.0 Å². The van der Waals surface area contributed by atoms with Gasteiger partial charge >= 0.3 is 5.97 Å². The van der Waals surface area contributed by atoms with Crippen molar-refractivity contribution in [1.82, 2.24) is 4.31 Å². The number of nitrogens with one attached hydrogen (secondary N) is 1. The Morgan fingerprint density at radius 1 is 0.971 bits per heavy atom. The number of hydrogen-bond donors (Lipinski definition) is 1. The van der Waals surface area contributed by atoms with Crippen molar-refractivity contribution in [1.29, 1.82) is 0 Å². The van der Waals surface area contributed by atoms with Crippen LogP contribution in [-0.4, -0.2) is 58.0 Å². The molecule has 3 rings (SSSR count). The SMILES string of the molecule is CCOC(=O)c1ccc(NC(=O)CN(C2CCCCC2)S(=O)(=O)c2ccc(OC)c(OC)c2)cc1. The van der Waals surface area contributed by atoms with Crippen molar-refractivity contribution in [3.63, 3.8) is 0 Å². The second-order valence-corrected chi connectivity index (χ2v) is 10.1. The Bertz CT molecular complexity index is 1130. The fourth-order valence-corrected chi connectivity index (χ4v) is 5.80. The van der Waals surface area contributed by atoms with Gasteiger partial charge in [-0.15, -0.1) is 0 Å². The van der Waals surface area contributed by atoms with E-state index in [-0.39, 0.29) is 24.1 Å². The minimum Gasteiger partial charge on any atom is -0.493 e. The van der Waals surface area contributed by atoms with Gasteiger partial charge in [0.2, 0.25) is 15.9 Å². The van der Waals surface area contributed by atoms with Gasteiger partial charge in [-0.25, -0.2) is 13.2 Å². The van der Waals surface area contributed by atoms with Gasteiger partial charge in [-0.3, -0.25) is 4.79 Å². The summed E-state index contributed by atoms with van der Waals surface area (Å²) in [5.74, 6) is -0.207. The van der Waals surface area contributed by atoms with Gasteiger partial charge in [-0.2, -0.15) is 4.31 Å². The number of anilines is 1. The van der Waals surface area contributed by atoms with Crippen molar-refractivity contribution >= 4 is 27.6 Å². The number of rotatable bonds is 10. The van der Waals surface area contributed by atoms with Gasteiger partial charge in [-0.1, -0.05) is 19.3 Å². The average molecular weight is 505 g/mol. The molecule has 1 amide bonds. The molecule has 0 radical (unpaired) electrons. The van der Waals surface area contributed by atoms with E-state index in [0.29, 0.717) is 35.6 Å². The summed E-state index contributed by atoms with van der Waals surface area (Å²) in [6.07, 6.45) is 4.22. The zero-order valence-corrected chi connectivity index (χ0v) is 21.1. The number of methoxy groups -OCH3 is 2. The smallest absolute Gasteiger partial charge is 0.338 e. The van der Waals surface area contributed by atoms with E-state index < -0.39 is 21.9 Å². The van der Waals surface area contributed by atoms with Gasteiger partial charge in [0.1, 0.15) is 0 Å². The maximum Gasteiger partial charge on any atom is 0.338 e. The number of sulfonamides is 1. The molecule has 0 bridgehead atoms. The monoisotopic (exact) mass is 504 g/mol. The number of nitrogens with zero attached hydrogens (tertiary/aromatic N) is 1. The van der Waals surface area contributed by atoms with Crippen LogP contribution in [0.15, 0.2) is 47.4 Å². The summed E-state index contributed by atoms with van der Waals surface area (Å²) in [7, 11) is -1.08. The van der Waals surface area contributed by atoms with Crippen LogP contribution in [0.5, 0.6) is 11.5 Å². The van der Waals surface area contributed by atoms with Crippen LogP contribution in [0.2, 0.25) is 0 Å². The minimum atomic E-state index is -3.99. The summed E-state index contributed by atoms with van der Waals surface area (Å²) >= 11 is 0.